The van der Waals surface area contributed by atoms with Gasteiger partial charge in [0, 0.05) is 0 Å². The van der Waals surface area contributed by atoms with Gasteiger partial charge in [-0.3, -0.25) is 0 Å². The van der Waals surface area contributed by atoms with E-state index in [1.165, 1.54) is 11.3 Å². The van der Waals surface area contributed by atoms with Crippen molar-refractivity contribution in [3.05, 3.63) is 46.6 Å². The third-order valence-corrected chi connectivity index (χ3v) is 2.70. The zero-order chi connectivity index (χ0) is 10.6. The highest BCUT2D eigenvalue weighted by Gasteiger charge is 2.04. The van der Waals surface area contributed by atoms with Gasteiger partial charge in [0.25, 0.3) is 5.19 Å². The van der Waals surface area contributed by atoms with Crippen molar-refractivity contribution in [2.75, 3.05) is 0 Å². The Hall–Kier alpha value is -0.870. The zero-order valence-corrected chi connectivity index (χ0v) is 10.2. The molecule has 0 fully saturated rings. The van der Waals surface area contributed by atoms with Crippen LogP contribution in [0.4, 0.5) is 0 Å². The van der Waals surface area contributed by atoms with Gasteiger partial charge in [-0.15, -0.1) is 0 Å². The van der Waals surface area contributed by atoms with Crippen LogP contribution in [0.25, 0.3) is 0 Å². The van der Waals surface area contributed by atoms with Crippen molar-refractivity contribution < 1.29 is 4.74 Å². The van der Waals surface area contributed by atoms with E-state index in [0.29, 0.717) is 11.0 Å². The Bertz CT molecular complexity index is 381. The number of ether oxygens (including phenoxy) is 1. The van der Waals surface area contributed by atoms with E-state index in [2.05, 4.69) is 34.1 Å². The highest BCUT2D eigenvalue weighted by Crippen LogP contribution is 2.27. The van der Waals surface area contributed by atoms with Crippen molar-refractivity contribution in [1.29, 1.82) is 0 Å². The standard InChI is InChI=1S/C10H10BrNOS/c1-4-5-8(7(2)3)13-10-12-6-9(11)14-10/h4-6H,1-2H2,3H3/b8-5+. The number of halogens is 1. The predicted molar refractivity (Wildman–Crippen MR) is 63.5 cm³/mol. The first-order valence-electron chi connectivity index (χ1n) is 3.91. The molecule has 0 aromatic carbocycles. The maximum absolute atomic E-state index is 5.50. The van der Waals surface area contributed by atoms with Gasteiger partial charge in [0.05, 0.1) is 9.98 Å². The van der Waals surface area contributed by atoms with Crippen LogP contribution in [0.1, 0.15) is 6.92 Å². The third kappa shape index (κ3) is 3.12. The van der Waals surface area contributed by atoms with Gasteiger partial charge in [0.15, 0.2) is 0 Å². The Morgan fingerprint density at radius 3 is 2.86 bits per heavy atom. The topological polar surface area (TPSA) is 22.1 Å². The number of rotatable bonds is 4. The van der Waals surface area contributed by atoms with Crippen molar-refractivity contribution in [3.63, 3.8) is 0 Å². The van der Waals surface area contributed by atoms with Crippen LogP contribution in [-0.2, 0) is 0 Å². The van der Waals surface area contributed by atoms with Crippen molar-refractivity contribution in [1.82, 2.24) is 4.98 Å². The SMILES string of the molecule is C=C/C=C(/Oc1ncc(Br)s1)C(=C)C. The number of thiazole rings is 1. The van der Waals surface area contributed by atoms with E-state index in [1.807, 2.05) is 6.92 Å². The fourth-order valence-corrected chi connectivity index (χ4v) is 1.78. The van der Waals surface area contributed by atoms with Crippen LogP contribution in [0.15, 0.2) is 46.6 Å². The smallest absolute Gasteiger partial charge is 0.279 e. The second-order valence-electron chi connectivity index (χ2n) is 2.58. The van der Waals surface area contributed by atoms with Crippen LogP contribution in [0.3, 0.4) is 0 Å². The van der Waals surface area contributed by atoms with Crippen LogP contribution in [0, 0.1) is 0 Å². The molecule has 1 heterocycles. The molecule has 14 heavy (non-hydrogen) atoms. The van der Waals surface area contributed by atoms with E-state index in [1.54, 1.807) is 18.3 Å². The monoisotopic (exact) mass is 271 g/mol. The van der Waals surface area contributed by atoms with E-state index < -0.39 is 0 Å². The Morgan fingerprint density at radius 2 is 2.43 bits per heavy atom. The van der Waals surface area contributed by atoms with Gasteiger partial charge in [0.2, 0.25) is 0 Å². The van der Waals surface area contributed by atoms with Gasteiger partial charge in [0.1, 0.15) is 5.76 Å². The normalized spacial score (nSPS) is 11.1. The summed E-state index contributed by atoms with van der Waals surface area (Å²) in [4.78, 5) is 4.05. The molecule has 4 heteroatoms. The molecule has 0 atom stereocenters. The van der Waals surface area contributed by atoms with Crippen LogP contribution >= 0.6 is 27.3 Å². The van der Waals surface area contributed by atoms with E-state index in [4.69, 9.17) is 4.74 Å². The van der Waals surface area contributed by atoms with Gasteiger partial charge < -0.3 is 4.74 Å². The molecule has 0 saturated heterocycles. The van der Waals surface area contributed by atoms with Gasteiger partial charge in [-0.1, -0.05) is 30.6 Å². The quantitative estimate of drug-likeness (QED) is 0.612. The second kappa shape index (κ2) is 5.12. The molecule has 0 spiro atoms. The fraction of sp³-hybridized carbons (Fsp3) is 0.100. The van der Waals surface area contributed by atoms with Crippen LogP contribution in [-0.4, -0.2) is 4.98 Å². The maximum Gasteiger partial charge on any atom is 0.279 e. The lowest BCUT2D eigenvalue weighted by molar-refractivity contribution is 0.433. The van der Waals surface area contributed by atoms with E-state index in [-0.39, 0.29) is 0 Å². The van der Waals surface area contributed by atoms with Crippen LogP contribution in [0.2, 0.25) is 0 Å². The summed E-state index contributed by atoms with van der Waals surface area (Å²) in [6.07, 6.45) is 5.12. The Morgan fingerprint density at radius 1 is 1.71 bits per heavy atom. The average molecular weight is 272 g/mol. The summed E-state index contributed by atoms with van der Waals surface area (Å²) in [5.74, 6) is 0.682. The summed E-state index contributed by atoms with van der Waals surface area (Å²) in [7, 11) is 0. The summed E-state index contributed by atoms with van der Waals surface area (Å²) in [5, 5.41) is 0.591. The van der Waals surface area contributed by atoms with E-state index in [0.717, 1.165) is 9.36 Å². The molecular weight excluding hydrogens is 262 g/mol. The Balaban J connectivity index is 2.79. The number of hydrogen-bond donors (Lipinski definition) is 0. The highest BCUT2D eigenvalue weighted by atomic mass is 79.9. The number of nitrogens with zero attached hydrogens (tertiary/aromatic N) is 1. The molecule has 0 aliphatic rings. The lowest BCUT2D eigenvalue weighted by Crippen LogP contribution is -1.94. The molecule has 0 N–H and O–H groups in total. The molecule has 1 rings (SSSR count). The van der Waals surface area contributed by atoms with Crippen molar-refractivity contribution >= 4 is 27.3 Å². The minimum Gasteiger partial charge on any atom is -0.431 e. The maximum atomic E-state index is 5.50. The largest absolute Gasteiger partial charge is 0.431 e. The lowest BCUT2D eigenvalue weighted by Gasteiger charge is -2.04. The van der Waals surface area contributed by atoms with Crippen molar-refractivity contribution in [2.45, 2.75) is 6.92 Å². The molecular formula is C10H10BrNOS. The summed E-state index contributed by atoms with van der Waals surface area (Å²) >= 11 is 4.74. The molecule has 2 nitrogen and oxygen atoms in total. The average Bonchev–Trinajstić information content (AvgIpc) is 2.50. The van der Waals surface area contributed by atoms with E-state index in [9.17, 15) is 0 Å². The molecule has 0 radical (unpaired) electrons. The minimum atomic E-state index is 0.591. The molecule has 0 aliphatic heterocycles. The predicted octanol–water partition coefficient (Wildman–Crippen LogP) is 3.93. The van der Waals surface area contributed by atoms with Gasteiger partial charge in [-0.2, -0.15) is 0 Å². The first kappa shape index (κ1) is 11.2. The minimum absolute atomic E-state index is 0.591. The number of allylic oxidation sites excluding steroid dienone is 3. The summed E-state index contributed by atoms with van der Waals surface area (Å²) < 4.78 is 6.44. The van der Waals surface area contributed by atoms with Gasteiger partial charge in [-0.25, -0.2) is 4.98 Å². The summed E-state index contributed by atoms with van der Waals surface area (Å²) in [6, 6.07) is 0. The fourth-order valence-electron chi connectivity index (χ4n) is 0.751. The van der Waals surface area contributed by atoms with E-state index >= 15 is 0 Å². The molecule has 0 bridgehead atoms. The molecule has 0 saturated carbocycles. The van der Waals surface area contributed by atoms with Gasteiger partial charge in [-0.05, 0) is 34.5 Å². The Kier molecular flexibility index (Phi) is 4.10. The highest BCUT2D eigenvalue weighted by molar-refractivity contribution is 9.11. The van der Waals surface area contributed by atoms with Crippen molar-refractivity contribution in [2.24, 2.45) is 0 Å². The molecule has 74 valence electrons. The van der Waals surface area contributed by atoms with Crippen LogP contribution in [0.5, 0.6) is 5.19 Å². The number of hydrogen-bond acceptors (Lipinski definition) is 3. The second-order valence-corrected chi connectivity index (χ2v) is 4.95. The Labute approximate surface area is 95.8 Å². The zero-order valence-electron chi connectivity index (χ0n) is 7.79. The summed E-state index contributed by atoms with van der Waals surface area (Å²) in [6.45, 7) is 9.28. The molecule has 0 aliphatic carbocycles. The first-order chi connectivity index (χ1) is 6.63. The van der Waals surface area contributed by atoms with Gasteiger partial charge >= 0.3 is 0 Å². The number of aromatic nitrogens is 1. The first-order valence-corrected chi connectivity index (χ1v) is 5.52. The lowest BCUT2D eigenvalue weighted by atomic mass is 10.3. The molecule has 0 unspecified atom stereocenters. The third-order valence-electron chi connectivity index (χ3n) is 1.34. The molecule has 1 aromatic heterocycles. The molecule has 1 aromatic rings. The van der Waals surface area contributed by atoms with Crippen molar-refractivity contribution in [3.8, 4) is 5.19 Å². The molecule has 0 amide bonds. The summed E-state index contributed by atoms with van der Waals surface area (Å²) in [5.41, 5.74) is 0.844. The van der Waals surface area contributed by atoms with Crippen LogP contribution < -0.4 is 4.74 Å².